The Kier molecular flexibility index (Phi) is 7.82. The quantitative estimate of drug-likeness (QED) is 0.161. The second-order valence-electron chi connectivity index (χ2n) is 13.8. The molecule has 8 aromatic carbocycles. The normalized spacial score (nSPS) is 12.8. The molecule has 1 heteroatoms. The Morgan fingerprint density at radius 2 is 1.06 bits per heavy atom. The van der Waals surface area contributed by atoms with Crippen LogP contribution in [0.1, 0.15) is 29.5 Å². The fourth-order valence-corrected chi connectivity index (χ4v) is 8.22. The topological polar surface area (TPSA) is 3.24 Å². The zero-order valence-electron chi connectivity index (χ0n) is 29.1. The summed E-state index contributed by atoms with van der Waals surface area (Å²) in [7, 11) is 0. The van der Waals surface area contributed by atoms with Gasteiger partial charge < -0.3 is 4.90 Å². The second kappa shape index (κ2) is 12.9. The fraction of sp³-hybridized carbons (Fsp3) is 0.0800. The third-order valence-corrected chi connectivity index (χ3v) is 10.3. The Morgan fingerprint density at radius 1 is 0.451 bits per heavy atom. The average molecular weight is 654 g/mol. The number of nitrogens with zero attached hydrogens (tertiary/aromatic N) is 1. The summed E-state index contributed by atoms with van der Waals surface area (Å²) in [5.41, 5.74) is 13.7. The summed E-state index contributed by atoms with van der Waals surface area (Å²) in [4.78, 5) is 2.40. The molecule has 0 atom stereocenters. The smallest absolute Gasteiger partial charge is 0.0468 e. The highest BCUT2D eigenvalue weighted by Gasteiger charge is 2.23. The molecule has 0 amide bonds. The molecule has 0 spiro atoms. The molecule has 0 fully saturated rings. The van der Waals surface area contributed by atoms with Gasteiger partial charge in [-0.1, -0.05) is 133 Å². The number of anilines is 3. The molecule has 0 saturated heterocycles. The van der Waals surface area contributed by atoms with E-state index in [1.807, 2.05) is 0 Å². The van der Waals surface area contributed by atoms with E-state index < -0.39 is 0 Å². The number of aryl methyl sites for hydroxylation is 2. The Hall–Kier alpha value is -6.18. The largest absolute Gasteiger partial charge is 0.310 e. The van der Waals surface area contributed by atoms with Gasteiger partial charge in [0.2, 0.25) is 0 Å². The van der Waals surface area contributed by atoms with Crippen LogP contribution in [-0.2, 0) is 0 Å². The molecule has 0 aliphatic heterocycles. The van der Waals surface area contributed by atoms with Crippen molar-refractivity contribution in [3.05, 3.63) is 193 Å². The molecule has 8 aromatic rings. The van der Waals surface area contributed by atoms with Crippen LogP contribution in [0.25, 0.3) is 60.1 Å². The monoisotopic (exact) mass is 653 g/mol. The highest BCUT2D eigenvalue weighted by Crippen LogP contribution is 2.49. The number of fused-ring (bicyclic) bond motifs is 6. The first-order chi connectivity index (χ1) is 25.1. The zero-order chi connectivity index (χ0) is 34.3. The first-order valence-corrected chi connectivity index (χ1v) is 18.0. The van der Waals surface area contributed by atoms with E-state index in [9.17, 15) is 0 Å². The van der Waals surface area contributed by atoms with E-state index in [1.54, 1.807) is 0 Å². The minimum Gasteiger partial charge on any atom is -0.310 e. The number of hydrogen-bond acceptors (Lipinski definition) is 1. The average Bonchev–Trinajstić information content (AvgIpc) is 3.18. The van der Waals surface area contributed by atoms with E-state index in [1.165, 1.54) is 82.5 Å². The SMILES string of the molecule is Cc1cc(C)cc(N(c2ccccc2)c2ccc3c(c2)c2ccccc2c2c(C4=CC=CCC4)c(-c4ccccc4)cc(-c4ccccc4)c32)c1. The molecule has 0 bridgehead atoms. The minimum absolute atomic E-state index is 1.02. The van der Waals surface area contributed by atoms with Gasteiger partial charge in [0, 0.05) is 17.1 Å². The van der Waals surface area contributed by atoms with E-state index in [0.717, 1.165) is 24.2 Å². The van der Waals surface area contributed by atoms with Crippen molar-refractivity contribution in [1.29, 1.82) is 0 Å². The summed E-state index contributed by atoms with van der Waals surface area (Å²) < 4.78 is 0. The molecule has 51 heavy (non-hydrogen) atoms. The van der Waals surface area contributed by atoms with E-state index in [4.69, 9.17) is 0 Å². The van der Waals surface area contributed by atoms with E-state index >= 15 is 0 Å². The Bertz CT molecular complexity index is 2610. The number of rotatable bonds is 6. The van der Waals surface area contributed by atoms with Crippen molar-refractivity contribution in [3.8, 4) is 22.3 Å². The minimum atomic E-state index is 1.02. The van der Waals surface area contributed by atoms with Crippen LogP contribution in [-0.4, -0.2) is 0 Å². The van der Waals surface area contributed by atoms with Crippen molar-refractivity contribution < 1.29 is 0 Å². The van der Waals surface area contributed by atoms with Crippen molar-refractivity contribution in [2.45, 2.75) is 26.7 Å². The molecule has 1 aliphatic carbocycles. The van der Waals surface area contributed by atoms with Crippen LogP contribution in [0, 0.1) is 13.8 Å². The Labute approximate surface area is 300 Å². The second-order valence-corrected chi connectivity index (χ2v) is 13.8. The summed E-state index contributed by atoms with van der Waals surface area (Å²) in [6.07, 6.45) is 8.94. The summed E-state index contributed by atoms with van der Waals surface area (Å²) in [6, 6.07) is 58.2. The predicted octanol–water partition coefficient (Wildman–Crippen LogP) is 14.3. The number of allylic oxidation sites excluding steroid dienone is 4. The van der Waals surface area contributed by atoms with Crippen molar-refractivity contribution in [2.75, 3.05) is 4.90 Å². The van der Waals surface area contributed by atoms with Gasteiger partial charge in [0.1, 0.15) is 0 Å². The van der Waals surface area contributed by atoms with Gasteiger partial charge in [-0.15, -0.1) is 0 Å². The summed E-state index contributed by atoms with van der Waals surface area (Å²) in [5, 5.41) is 7.73. The fourth-order valence-electron chi connectivity index (χ4n) is 8.22. The van der Waals surface area contributed by atoms with Gasteiger partial charge in [-0.25, -0.2) is 0 Å². The molecule has 0 aromatic heterocycles. The lowest BCUT2D eigenvalue weighted by atomic mass is 9.80. The van der Waals surface area contributed by atoms with Crippen molar-refractivity contribution in [1.82, 2.24) is 0 Å². The molecule has 0 radical (unpaired) electrons. The molecule has 0 unspecified atom stereocenters. The van der Waals surface area contributed by atoms with Crippen LogP contribution < -0.4 is 4.90 Å². The van der Waals surface area contributed by atoms with Crippen LogP contribution in [0.4, 0.5) is 17.1 Å². The first-order valence-electron chi connectivity index (χ1n) is 18.0. The number of para-hydroxylation sites is 1. The van der Waals surface area contributed by atoms with Gasteiger partial charge in [0.05, 0.1) is 0 Å². The van der Waals surface area contributed by atoms with E-state index in [-0.39, 0.29) is 0 Å². The summed E-state index contributed by atoms with van der Waals surface area (Å²) in [5.74, 6) is 0. The molecule has 1 aliphatic rings. The van der Waals surface area contributed by atoms with Crippen LogP contribution in [0.3, 0.4) is 0 Å². The van der Waals surface area contributed by atoms with Crippen molar-refractivity contribution in [3.63, 3.8) is 0 Å². The highest BCUT2D eigenvalue weighted by molar-refractivity contribution is 6.32. The van der Waals surface area contributed by atoms with Crippen molar-refractivity contribution in [2.24, 2.45) is 0 Å². The lowest BCUT2D eigenvalue weighted by molar-refractivity contribution is 1.06. The van der Waals surface area contributed by atoms with Gasteiger partial charge in [0.15, 0.2) is 0 Å². The zero-order valence-corrected chi connectivity index (χ0v) is 29.1. The Morgan fingerprint density at radius 3 is 1.73 bits per heavy atom. The third-order valence-electron chi connectivity index (χ3n) is 10.3. The molecule has 9 rings (SSSR count). The number of hydrogen-bond donors (Lipinski definition) is 0. The summed E-state index contributed by atoms with van der Waals surface area (Å²) >= 11 is 0. The first kappa shape index (κ1) is 30.8. The third kappa shape index (κ3) is 5.52. The van der Waals surface area contributed by atoms with Gasteiger partial charge in [0.25, 0.3) is 0 Å². The molecule has 244 valence electrons. The lowest BCUT2D eigenvalue weighted by Gasteiger charge is -2.27. The van der Waals surface area contributed by atoms with Gasteiger partial charge in [-0.05, 0) is 146 Å². The Balaban J connectivity index is 1.44. The summed E-state index contributed by atoms with van der Waals surface area (Å²) in [6.45, 7) is 4.37. The predicted molar refractivity (Wildman–Crippen MR) is 220 cm³/mol. The molecule has 1 nitrogen and oxygen atoms in total. The van der Waals surface area contributed by atoms with E-state index in [0.29, 0.717) is 0 Å². The van der Waals surface area contributed by atoms with Crippen LogP contribution in [0.2, 0.25) is 0 Å². The lowest BCUT2D eigenvalue weighted by Crippen LogP contribution is -2.10. The molecular formula is C50H39N. The number of benzene rings is 8. The maximum absolute atomic E-state index is 2.47. The molecule has 0 N–H and O–H groups in total. The maximum Gasteiger partial charge on any atom is 0.0468 e. The standard InChI is InChI=1S/C50H39N/c1-34-29-35(2)31-41(30-34)51(39-23-13-6-14-24-39)40-27-28-44-47(32-40)42-25-15-16-26-43(42)50-48(38-21-11-5-12-22-38)45(36-17-7-3-8-18-36)33-46(49(44)50)37-19-9-4-10-20-37/h3-11,13-21,23-33H,12,22H2,1-2H3. The highest BCUT2D eigenvalue weighted by atomic mass is 15.1. The van der Waals surface area contributed by atoms with Crippen LogP contribution >= 0.6 is 0 Å². The van der Waals surface area contributed by atoms with E-state index in [2.05, 4.69) is 195 Å². The van der Waals surface area contributed by atoms with Crippen molar-refractivity contribution >= 4 is 55.0 Å². The van der Waals surface area contributed by atoms with Crippen LogP contribution in [0.5, 0.6) is 0 Å². The van der Waals surface area contributed by atoms with Gasteiger partial charge in [-0.2, -0.15) is 0 Å². The van der Waals surface area contributed by atoms with Gasteiger partial charge in [-0.3, -0.25) is 0 Å². The van der Waals surface area contributed by atoms with Crippen LogP contribution in [0.15, 0.2) is 176 Å². The maximum atomic E-state index is 2.47. The molecule has 0 saturated carbocycles. The van der Waals surface area contributed by atoms with Gasteiger partial charge >= 0.3 is 0 Å². The molecular weight excluding hydrogens is 615 g/mol. The molecule has 0 heterocycles.